The molecule has 0 spiro atoms. The molecule has 3 fully saturated rings. The number of rotatable bonds is 19. The van der Waals surface area contributed by atoms with Crippen molar-refractivity contribution < 1.29 is 14.3 Å². The summed E-state index contributed by atoms with van der Waals surface area (Å²) in [6.45, 7) is 15.5. The van der Waals surface area contributed by atoms with Crippen LogP contribution in [-0.2, 0) is 16.0 Å². The molecule has 0 aliphatic heterocycles. The van der Waals surface area contributed by atoms with Crippen molar-refractivity contribution in [2.75, 3.05) is 6.61 Å². The van der Waals surface area contributed by atoms with Crippen molar-refractivity contribution in [3.63, 3.8) is 0 Å². The molecule has 0 amide bonds. The number of ether oxygens (including phenoxy) is 2. The Morgan fingerprint density at radius 2 is 1.65 bits per heavy atom. The molecule has 1 unspecified atom stereocenters. The Morgan fingerprint density at radius 1 is 0.855 bits per heavy atom. The van der Waals surface area contributed by atoms with Crippen LogP contribution in [0.25, 0.3) is 0 Å². The van der Waals surface area contributed by atoms with E-state index in [1.165, 1.54) is 82.6 Å². The first kappa shape index (κ1) is 41.7. The van der Waals surface area contributed by atoms with Gasteiger partial charge in [-0.3, -0.25) is 9.79 Å². The summed E-state index contributed by atoms with van der Waals surface area (Å²) in [5.41, 5.74) is 5.85. The zero-order valence-corrected chi connectivity index (χ0v) is 35.6. The van der Waals surface area contributed by atoms with Gasteiger partial charge in [-0.2, -0.15) is 0 Å². The van der Waals surface area contributed by atoms with Crippen molar-refractivity contribution in [3.8, 4) is 5.75 Å². The number of unbranched alkanes of at least 4 members (excludes halogenated alkanes) is 4. The normalized spacial score (nSPS) is 29.4. The Labute approximate surface area is 335 Å². The minimum absolute atomic E-state index is 0.0167. The summed E-state index contributed by atoms with van der Waals surface area (Å²) in [5.74, 6) is 5.98. The van der Waals surface area contributed by atoms with Crippen molar-refractivity contribution in [1.82, 2.24) is 0 Å². The topological polar surface area (TPSA) is 47.9 Å². The van der Waals surface area contributed by atoms with Gasteiger partial charge in [-0.25, -0.2) is 0 Å². The number of fused-ring (bicyclic) bond motifs is 5. The van der Waals surface area contributed by atoms with Crippen molar-refractivity contribution in [3.05, 3.63) is 71.3 Å². The van der Waals surface area contributed by atoms with E-state index in [0.717, 1.165) is 91.0 Å². The highest BCUT2D eigenvalue weighted by Crippen LogP contribution is 2.67. The van der Waals surface area contributed by atoms with E-state index in [1.54, 1.807) is 5.57 Å². The van der Waals surface area contributed by atoms with E-state index >= 15 is 0 Å². The predicted molar refractivity (Wildman–Crippen MR) is 230 cm³/mol. The van der Waals surface area contributed by atoms with Gasteiger partial charge in [0.25, 0.3) is 0 Å². The maximum Gasteiger partial charge on any atom is 0.306 e. The molecule has 4 heteroatoms. The predicted octanol–water partition coefficient (Wildman–Crippen LogP) is 14.1. The van der Waals surface area contributed by atoms with Crippen molar-refractivity contribution in [2.45, 2.75) is 170 Å². The molecule has 4 nitrogen and oxygen atoms in total. The number of carbonyl (C=O) groups excluding carboxylic acids is 1. The zero-order valence-electron chi connectivity index (χ0n) is 35.6. The van der Waals surface area contributed by atoms with E-state index < -0.39 is 0 Å². The third-order valence-corrected chi connectivity index (χ3v) is 15.1. The summed E-state index contributed by atoms with van der Waals surface area (Å²) in [7, 11) is 0. The van der Waals surface area contributed by atoms with E-state index in [4.69, 9.17) is 9.47 Å². The number of carbonyl (C=O) groups is 1. The molecular weight excluding hydrogens is 675 g/mol. The number of aryl methyl sites for hydroxylation is 1. The lowest BCUT2D eigenvalue weighted by Crippen LogP contribution is -2.51. The molecule has 8 atom stereocenters. The highest BCUT2D eigenvalue weighted by Gasteiger charge is 2.59. The van der Waals surface area contributed by atoms with E-state index in [-0.39, 0.29) is 12.1 Å². The van der Waals surface area contributed by atoms with Crippen LogP contribution < -0.4 is 4.74 Å². The fourth-order valence-corrected chi connectivity index (χ4v) is 11.9. The Hall–Kier alpha value is -2.88. The van der Waals surface area contributed by atoms with Gasteiger partial charge in [0.05, 0.1) is 12.3 Å². The van der Waals surface area contributed by atoms with Crippen LogP contribution in [-0.4, -0.2) is 24.9 Å². The molecule has 2 aromatic rings. The van der Waals surface area contributed by atoms with Gasteiger partial charge >= 0.3 is 5.97 Å². The molecule has 0 aromatic heterocycles. The molecule has 0 heterocycles. The number of aliphatic imine (C=N–C) groups is 1. The highest BCUT2D eigenvalue weighted by atomic mass is 16.5. The Kier molecular flexibility index (Phi) is 14.8. The summed E-state index contributed by atoms with van der Waals surface area (Å²) >= 11 is 0. The van der Waals surface area contributed by atoms with E-state index in [1.807, 2.05) is 18.3 Å². The number of allylic oxidation sites excluding steroid dienone is 1. The van der Waals surface area contributed by atoms with Crippen molar-refractivity contribution >= 4 is 17.9 Å². The molecule has 6 rings (SSSR count). The summed E-state index contributed by atoms with van der Waals surface area (Å²) < 4.78 is 12.1. The molecular formula is C51H75NO3. The molecule has 3 saturated carbocycles. The molecule has 302 valence electrons. The first-order valence-electron chi connectivity index (χ1n) is 22.8. The SMILES string of the molecule is CCCCCc1ccc(N=Cc2ccc(OCCCCCC(=O)OC3CC[C@@]4(C)C(=CC[C@H]5[C@@H]6CC[C@H]([C@H](C)CCCC(C)C)[C@@]6(C)CC[C@@H]54)C3)cc2)cc1. The lowest BCUT2D eigenvalue weighted by Gasteiger charge is -2.58. The number of benzene rings is 2. The fourth-order valence-electron chi connectivity index (χ4n) is 11.9. The van der Waals surface area contributed by atoms with Gasteiger partial charge in [-0.15, -0.1) is 0 Å². The summed E-state index contributed by atoms with van der Waals surface area (Å²) in [6.07, 6.45) is 27.1. The average molecular weight is 750 g/mol. The van der Waals surface area contributed by atoms with Crippen LogP contribution in [0, 0.1) is 46.3 Å². The smallest absolute Gasteiger partial charge is 0.306 e. The molecule has 55 heavy (non-hydrogen) atoms. The molecule has 2 aromatic carbocycles. The summed E-state index contributed by atoms with van der Waals surface area (Å²) in [4.78, 5) is 17.6. The number of esters is 1. The van der Waals surface area contributed by atoms with Gasteiger partial charge in [0.1, 0.15) is 11.9 Å². The quantitative estimate of drug-likeness (QED) is 0.0622. The van der Waals surface area contributed by atoms with Crippen LogP contribution in [0.15, 0.2) is 65.2 Å². The minimum atomic E-state index is -0.0167. The van der Waals surface area contributed by atoms with Crippen molar-refractivity contribution in [1.29, 1.82) is 0 Å². The van der Waals surface area contributed by atoms with Gasteiger partial charge in [0, 0.05) is 19.1 Å². The van der Waals surface area contributed by atoms with Crippen molar-refractivity contribution in [2.24, 2.45) is 51.3 Å². The number of hydrogen-bond donors (Lipinski definition) is 0. The number of hydrogen-bond acceptors (Lipinski definition) is 4. The maximum absolute atomic E-state index is 12.9. The molecule has 4 aliphatic rings. The standard InChI is InChI=1S/C51H75NO3/c1-7-8-10-16-39-18-23-42(24-19-39)52-36-40-20-25-43(26-21-40)54-34-12-9-11-17-49(53)55-44-30-32-50(5)41(35-44)22-27-45-47-29-28-46(38(4)15-13-14-37(2)3)51(47,6)33-31-48(45)50/h18-26,36-38,44-48H,7-17,27-35H2,1-6H3/t38-,44?,45+,46-,47+,48+,50+,51-/m1/s1. The molecule has 0 N–H and O–H groups in total. The maximum atomic E-state index is 12.9. The number of nitrogens with zero attached hydrogens (tertiary/aromatic N) is 1. The largest absolute Gasteiger partial charge is 0.494 e. The van der Waals surface area contributed by atoms with Gasteiger partial charge < -0.3 is 9.47 Å². The van der Waals surface area contributed by atoms with Gasteiger partial charge in [-0.1, -0.05) is 97.4 Å². The second kappa shape index (κ2) is 19.5. The van der Waals surface area contributed by atoms with Crippen LogP contribution in [0.2, 0.25) is 0 Å². The van der Waals surface area contributed by atoms with Crippen LogP contribution >= 0.6 is 0 Å². The fraction of sp³-hybridized carbons (Fsp3) is 0.686. The van der Waals surface area contributed by atoms with Crippen LogP contribution in [0.5, 0.6) is 5.75 Å². The third-order valence-electron chi connectivity index (χ3n) is 15.1. The third kappa shape index (κ3) is 10.6. The Balaban J connectivity index is 0.874. The van der Waals surface area contributed by atoms with E-state index in [0.29, 0.717) is 23.9 Å². The summed E-state index contributed by atoms with van der Waals surface area (Å²) in [5, 5.41) is 0. The van der Waals surface area contributed by atoms with Gasteiger partial charge in [0.15, 0.2) is 0 Å². The molecule has 0 saturated heterocycles. The molecule has 4 aliphatic carbocycles. The lowest BCUT2D eigenvalue weighted by molar-refractivity contribution is -0.151. The Bertz CT molecular complexity index is 1560. The monoisotopic (exact) mass is 750 g/mol. The van der Waals surface area contributed by atoms with E-state index in [2.05, 4.69) is 89.0 Å². The van der Waals surface area contributed by atoms with Crippen LogP contribution in [0.1, 0.15) is 168 Å². The highest BCUT2D eigenvalue weighted by molar-refractivity contribution is 5.82. The lowest BCUT2D eigenvalue weighted by atomic mass is 9.47. The Morgan fingerprint density at radius 3 is 2.42 bits per heavy atom. The van der Waals surface area contributed by atoms with Crippen LogP contribution in [0.3, 0.4) is 0 Å². The van der Waals surface area contributed by atoms with Gasteiger partial charge in [-0.05, 0) is 171 Å². The molecule has 0 radical (unpaired) electrons. The zero-order chi connectivity index (χ0) is 38.8. The van der Waals surface area contributed by atoms with E-state index in [9.17, 15) is 4.79 Å². The second-order valence-corrected chi connectivity index (χ2v) is 19.3. The summed E-state index contributed by atoms with van der Waals surface area (Å²) in [6, 6.07) is 16.7. The average Bonchev–Trinajstić information content (AvgIpc) is 3.54. The van der Waals surface area contributed by atoms with Crippen LogP contribution in [0.4, 0.5) is 5.69 Å². The minimum Gasteiger partial charge on any atom is -0.494 e. The second-order valence-electron chi connectivity index (χ2n) is 19.3. The molecule has 0 bridgehead atoms. The first-order valence-corrected chi connectivity index (χ1v) is 22.8. The van der Waals surface area contributed by atoms with Gasteiger partial charge in [0.2, 0.25) is 0 Å². The first-order chi connectivity index (χ1) is 26.6.